The van der Waals surface area contributed by atoms with Crippen molar-refractivity contribution in [3.8, 4) is 5.75 Å². The van der Waals surface area contributed by atoms with Gasteiger partial charge in [0, 0.05) is 36.8 Å². The quantitative estimate of drug-likeness (QED) is 0.792. The van der Waals surface area contributed by atoms with Gasteiger partial charge in [-0.15, -0.1) is 0 Å². The van der Waals surface area contributed by atoms with Gasteiger partial charge in [-0.05, 0) is 43.9 Å². The van der Waals surface area contributed by atoms with E-state index >= 15 is 0 Å². The van der Waals surface area contributed by atoms with Gasteiger partial charge in [-0.3, -0.25) is 4.79 Å². The van der Waals surface area contributed by atoms with E-state index in [0.29, 0.717) is 18.2 Å². The summed E-state index contributed by atoms with van der Waals surface area (Å²) in [7, 11) is 0. The molecular weight excluding hydrogens is 356 g/mol. The molecule has 28 heavy (non-hydrogen) atoms. The highest BCUT2D eigenvalue weighted by Crippen LogP contribution is 2.36. The van der Waals surface area contributed by atoms with Crippen molar-refractivity contribution in [3.05, 3.63) is 47.9 Å². The van der Waals surface area contributed by atoms with Crippen LogP contribution in [0.3, 0.4) is 0 Å². The Morgan fingerprint density at radius 3 is 2.93 bits per heavy atom. The van der Waals surface area contributed by atoms with Crippen molar-refractivity contribution < 1.29 is 14.6 Å². The Labute approximate surface area is 164 Å². The fraction of sp³-hybridized carbons (Fsp3) is 0.476. The summed E-state index contributed by atoms with van der Waals surface area (Å²) in [6, 6.07) is 9.85. The number of aromatic nitrogens is 2. The lowest BCUT2D eigenvalue weighted by atomic mass is 9.78. The number of nitrogens with one attached hydrogen (secondary N) is 1. The number of β-amino-alcohol motifs (C(OH)–C–C–N with tert-alkyl or cyclic N) is 1. The second kappa shape index (κ2) is 8.14. The second-order valence-electron chi connectivity index (χ2n) is 7.73. The third-order valence-corrected chi connectivity index (χ3v) is 5.44. The Bertz CT molecular complexity index is 838. The van der Waals surface area contributed by atoms with E-state index in [2.05, 4.69) is 20.2 Å². The van der Waals surface area contributed by atoms with E-state index in [0.717, 1.165) is 42.9 Å². The number of hydrogen-bond acceptors (Lipinski definition) is 6. The molecule has 0 bridgehead atoms. The zero-order chi connectivity index (χ0) is 19.5. The standard InChI is InChI=1S/C21H26N4O3/c1-14-3-2-4-18(7-14)28-12-21(27)24-16-8-15(9-16)19-10-20(23-13-22-19)25-6-5-17(26)11-25/h2-4,7,10,13,15-17,26H,5-6,8-9,11-12H2,1H3,(H,24,27)/t15?,16?,17-/m1/s1. The number of nitrogens with zero attached hydrogens (tertiary/aromatic N) is 3. The highest BCUT2D eigenvalue weighted by Gasteiger charge is 2.33. The van der Waals surface area contributed by atoms with E-state index in [1.54, 1.807) is 6.33 Å². The maximum absolute atomic E-state index is 12.1. The van der Waals surface area contributed by atoms with Crippen molar-refractivity contribution in [2.75, 3.05) is 24.6 Å². The van der Waals surface area contributed by atoms with Crippen LogP contribution in [0.15, 0.2) is 36.7 Å². The first-order valence-corrected chi connectivity index (χ1v) is 9.80. The minimum atomic E-state index is -0.274. The number of amides is 1. The molecule has 2 aliphatic rings. The summed E-state index contributed by atoms with van der Waals surface area (Å²) in [5.74, 6) is 1.82. The molecule has 4 rings (SSSR count). The molecule has 0 spiro atoms. The molecule has 0 unspecified atom stereocenters. The molecule has 1 aromatic heterocycles. The lowest BCUT2D eigenvalue weighted by Crippen LogP contribution is -2.45. The third kappa shape index (κ3) is 4.42. The number of ether oxygens (including phenoxy) is 1. The monoisotopic (exact) mass is 382 g/mol. The summed E-state index contributed by atoms with van der Waals surface area (Å²) in [6.45, 7) is 3.47. The molecule has 7 nitrogen and oxygen atoms in total. The first-order valence-electron chi connectivity index (χ1n) is 9.80. The number of aryl methyl sites for hydroxylation is 1. The molecule has 148 valence electrons. The van der Waals surface area contributed by atoms with Crippen LogP contribution in [0, 0.1) is 6.92 Å². The van der Waals surface area contributed by atoms with E-state index in [4.69, 9.17) is 4.74 Å². The average molecular weight is 382 g/mol. The highest BCUT2D eigenvalue weighted by molar-refractivity contribution is 5.78. The minimum absolute atomic E-state index is 0.0273. The van der Waals surface area contributed by atoms with Gasteiger partial charge in [0.25, 0.3) is 5.91 Å². The van der Waals surface area contributed by atoms with Crippen LogP contribution in [0.1, 0.15) is 36.4 Å². The fourth-order valence-electron chi connectivity index (χ4n) is 3.81. The number of aliphatic hydroxyl groups is 1. The number of hydrogen-bond donors (Lipinski definition) is 2. The molecule has 2 heterocycles. The smallest absolute Gasteiger partial charge is 0.258 e. The van der Waals surface area contributed by atoms with E-state index in [-0.39, 0.29) is 24.7 Å². The third-order valence-electron chi connectivity index (χ3n) is 5.44. The van der Waals surface area contributed by atoms with Gasteiger partial charge in [0.1, 0.15) is 17.9 Å². The number of rotatable bonds is 6. The summed E-state index contributed by atoms with van der Waals surface area (Å²) in [5.41, 5.74) is 2.11. The van der Waals surface area contributed by atoms with Gasteiger partial charge in [-0.25, -0.2) is 9.97 Å². The van der Waals surface area contributed by atoms with Gasteiger partial charge in [0.2, 0.25) is 0 Å². The number of aliphatic hydroxyl groups excluding tert-OH is 1. The molecule has 1 atom stereocenters. The topological polar surface area (TPSA) is 87.6 Å². The summed E-state index contributed by atoms with van der Waals surface area (Å²) in [6.07, 6.45) is 3.84. The number of carbonyl (C=O) groups excluding carboxylic acids is 1. The van der Waals surface area contributed by atoms with Crippen molar-refractivity contribution in [2.24, 2.45) is 0 Å². The molecule has 1 saturated carbocycles. The predicted octanol–water partition coefficient (Wildman–Crippen LogP) is 1.80. The maximum atomic E-state index is 12.1. The first kappa shape index (κ1) is 18.7. The van der Waals surface area contributed by atoms with Gasteiger partial charge >= 0.3 is 0 Å². The van der Waals surface area contributed by atoms with Crippen LogP contribution >= 0.6 is 0 Å². The molecule has 1 aliphatic carbocycles. The van der Waals surface area contributed by atoms with Gasteiger partial charge in [-0.1, -0.05) is 12.1 Å². The summed E-state index contributed by atoms with van der Waals surface area (Å²) >= 11 is 0. The van der Waals surface area contributed by atoms with Crippen LogP contribution in [0.4, 0.5) is 5.82 Å². The number of benzene rings is 1. The average Bonchev–Trinajstić information content (AvgIpc) is 3.09. The Balaban J connectivity index is 1.24. The van der Waals surface area contributed by atoms with Crippen LogP contribution < -0.4 is 15.0 Å². The van der Waals surface area contributed by atoms with E-state index in [1.165, 1.54) is 0 Å². The van der Waals surface area contributed by atoms with Crippen LogP contribution in [-0.2, 0) is 4.79 Å². The Kier molecular flexibility index (Phi) is 5.43. The first-order chi connectivity index (χ1) is 13.6. The summed E-state index contributed by atoms with van der Waals surface area (Å²) in [4.78, 5) is 23.0. The summed E-state index contributed by atoms with van der Waals surface area (Å²) in [5, 5.41) is 12.7. The van der Waals surface area contributed by atoms with Gasteiger partial charge in [-0.2, -0.15) is 0 Å². The minimum Gasteiger partial charge on any atom is -0.484 e. The van der Waals surface area contributed by atoms with E-state index in [9.17, 15) is 9.90 Å². The molecule has 1 amide bonds. The van der Waals surface area contributed by atoms with Crippen LogP contribution in [-0.4, -0.2) is 52.8 Å². The summed E-state index contributed by atoms with van der Waals surface area (Å²) < 4.78 is 5.55. The van der Waals surface area contributed by atoms with Crippen molar-refractivity contribution in [1.29, 1.82) is 0 Å². The van der Waals surface area contributed by atoms with Gasteiger partial charge in [0.15, 0.2) is 6.61 Å². The Hall–Kier alpha value is -2.67. The van der Waals surface area contributed by atoms with Crippen molar-refractivity contribution in [1.82, 2.24) is 15.3 Å². The molecular formula is C21H26N4O3. The maximum Gasteiger partial charge on any atom is 0.258 e. The molecule has 1 saturated heterocycles. The molecule has 0 radical (unpaired) electrons. The lowest BCUT2D eigenvalue weighted by molar-refractivity contribution is -0.124. The number of carbonyl (C=O) groups is 1. The molecule has 1 aliphatic heterocycles. The highest BCUT2D eigenvalue weighted by atomic mass is 16.5. The van der Waals surface area contributed by atoms with Crippen molar-refractivity contribution in [2.45, 2.75) is 44.2 Å². The van der Waals surface area contributed by atoms with E-state index in [1.807, 2.05) is 37.3 Å². The van der Waals surface area contributed by atoms with Gasteiger partial charge < -0.3 is 20.1 Å². The Morgan fingerprint density at radius 1 is 1.32 bits per heavy atom. The largest absolute Gasteiger partial charge is 0.484 e. The van der Waals surface area contributed by atoms with Crippen molar-refractivity contribution >= 4 is 11.7 Å². The van der Waals surface area contributed by atoms with Crippen molar-refractivity contribution in [3.63, 3.8) is 0 Å². The Morgan fingerprint density at radius 2 is 2.18 bits per heavy atom. The molecule has 1 aromatic carbocycles. The molecule has 2 aromatic rings. The van der Waals surface area contributed by atoms with Crippen LogP contribution in [0.5, 0.6) is 5.75 Å². The second-order valence-corrected chi connectivity index (χ2v) is 7.73. The molecule has 2 N–H and O–H groups in total. The molecule has 7 heteroatoms. The normalized spacial score (nSPS) is 23.9. The van der Waals surface area contributed by atoms with Crippen LogP contribution in [0.2, 0.25) is 0 Å². The lowest BCUT2D eigenvalue weighted by Gasteiger charge is -2.35. The van der Waals surface area contributed by atoms with Gasteiger partial charge in [0.05, 0.1) is 6.10 Å². The predicted molar refractivity (Wildman–Crippen MR) is 105 cm³/mol. The molecule has 2 fully saturated rings. The zero-order valence-electron chi connectivity index (χ0n) is 16.0. The van der Waals surface area contributed by atoms with E-state index < -0.39 is 0 Å². The fourth-order valence-corrected chi connectivity index (χ4v) is 3.81. The van der Waals surface area contributed by atoms with Crippen LogP contribution in [0.25, 0.3) is 0 Å². The number of anilines is 1. The SMILES string of the molecule is Cc1cccc(OCC(=O)NC2CC(c3cc(N4CC[C@@H](O)C4)ncn3)C2)c1. The zero-order valence-corrected chi connectivity index (χ0v) is 16.0.